The van der Waals surface area contributed by atoms with E-state index in [-0.39, 0.29) is 24.3 Å². The number of imidazole rings is 1. The summed E-state index contributed by atoms with van der Waals surface area (Å²) in [6, 6.07) is 9.62. The SMILES string of the molecule is CN1Cc2ccccc2N(C(=O)N(C)Cc2nc3c([N+](=O)[O-])cccc3[nH]2)C(CC(=O)O)C1=O. The quantitative estimate of drug-likeness (QED) is 0.432. The number of hydrogen-bond acceptors (Lipinski definition) is 6. The molecule has 0 bridgehead atoms. The zero-order chi connectivity index (χ0) is 24.6. The first-order chi connectivity index (χ1) is 16.2. The zero-order valence-corrected chi connectivity index (χ0v) is 18.5. The molecule has 3 aromatic rings. The summed E-state index contributed by atoms with van der Waals surface area (Å²) in [5, 5.41) is 20.7. The van der Waals surface area contributed by atoms with Gasteiger partial charge in [-0.1, -0.05) is 24.3 Å². The van der Waals surface area contributed by atoms with Crippen molar-refractivity contribution in [2.45, 2.75) is 25.6 Å². The minimum Gasteiger partial charge on any atom is -0.481 e. The predicted molar refractivity (Wildman–Crippen MR) is 121 cm³/mol. The minimum atomic E-state index is -1.24. The molecule has 2 heterocycles. The van der Waals surface area contributed by atoms with Gasteiger partial charge in [-0.25, -0.2) is 9.78 Å². The fourth-order valence-electron chi connectivity index (χ4n) is 4.09. The molecular weight excluding hydrogens is 444 g/mol. The maximum absolute atomic E-state index is 13.6. The second-order valence-electron chi connectivity index (χ2n) is 8.06. The number of benzene rings is 2. The Bertz CT molecular complexity index is 1300. The third-order valence-electron chi connectivity index (χ3n) is 5.66. The van der Waals surface area contributed by atoms with Crippen LogP contribution in [0.3, 0.4) is 0 Å². The van der Waals surface area contributed by atoms with Crippen LogP contribution in [0.15, 0.2) is 42.5 Å². The van der Waals surface area contributed by atoms with E-state index < -0.39 is 35.3 Å². The van der Waals surface area contributed by atoms with Gasteiger partial charge in [-0.3, -0.25) is 24.6 Å². The maximum Gasteiger partial charge on any atom is 0.325 e. The number of likely N-dealkylation sites (N-methyl/N-ethyl adjacent to an activating group) is 1. The molecule has 0 radical (unpaired) electrons. The summed E-state index contributed by atoms with van der Waals surface area (Å²) >= 11 is 0. The Morgan fingerprint density at radius 1 is 1.26 bits per heavy atom. The summed E-state index contributed by atoms with van der Waals surface area (Å²) < 4.78 is 0. The summed E-state index contributed by atoms with van der Waals surface area (Å²) in [4.78, 5) is 60.1. The number of carbonyl (C=O) groups is 3. The molecule has 176 valence electrons. The van der Waals surface area contributed by atoms with E-state index in [1.807, 2.05) is 0 Å². The fourth-order valence-corrected chi connectivity index (χ4v) is 4.09. The number of amides is 3. The minimum absolute atomic E-state index is 0.0485. The number of nitrogens with one attached hydrogen (secondary N) is 1. The van der Waals surface area contributed by atoms with Gasteiger partial charge in [0, 0.05) is 26.7 Å². The van der Waals surface area contributed by atoms with Crippen molar-refractivity contribution in [1.29, 1.82) is 0 Å². The lowest BCUT2D eigenvalue weighted by atomic mass is 10.1. The molecule has 0 saturated carbocycles. The number of carboxylic acid groups (broad SMARTS) is 1. The van der Waals surface area contributed by atoms with Crippen LogP contribution in [0.2, 0.25) is 0 Å². The third-order valence-corrected chi connectivity index (χ3v) is 5.66. The molecule has 4 rings (SSSR count). The van der Waals surface area contributed by atoms with Gasteiger partial charge in [0.25, 0.3) is 5.69 Å². The van der Waals surface area contributed by atoms with Crippen molar-refractivity contribution in [3.8, 4) is 0 Å². The molecule has 0 fully saturated rings. The summed E-state index contributed by atoms with van der Waals surface area (Å²) in [6.07, 6.45) is -0.562. The number of hydrogen-bond donors (Lipinski definition) is 2. The fraction of sp³-hybridized carbons (Fsp3) is 0.273. The van der Waals surface area contributed by atoms with Gasteiger partial charge in [-0.2, -0.15) is 0 Å². The van der Waals surface area contributed by atoms with E-state index in [4.69, 9.17) is 0 Å². The van der Waals surface area contributed by atoms with Gasteiger partial charge in [0.15, 0.2) is 5.52 Å². The van der Waals surface area contributed by atoms with Crippen LogP contribution in [0.1, 0.15) is 17.8 Å². The van der Waals surface area contributed by atoms with Gasteiger partial charge < -0.3 is 19.9 Å². The van der Waals surface area contributed by atoms with Crippen LogP contribution in [-0.4, -0.2) is 67.8 Å². The molecule has 1 aromatic heterocycles. The molecule has 1 atom stereocenters. The zero-order valence-electron chi connectivity index (χ0n) is 18.5. The first kappa shape index (κ1) is 22.7. The third kappa shape index (κ3) is 4.12. The molecule has 0 saturated heterocycles. The number of aliphatic carboxylic acids is 1. The van der Waals surface area contributed by atoms with Gasteiger partial charge in [-0.15, -0.1) is 0 Å². The van der Waals surface area contributed by atoms with Crippen LogP contribution >= 0.6 is 0 Å². The summed E-state index contributed by atoms with van der Waals surface area (Å²) in [6.45, 7) is 0.180. The number of non-ortho nitro benzene ring substituents is 1. The van der Waals surface area contributed by atoms with Crippen LogP contribution in [0.25, 0.3) is 11.0 Å². The van der Waals surface area contributed by atoms with Crippen LogP contribution < -0.4 is 4.90 Å². The number of aromatic nitrogens is 2. The smallest absolute Gasteiger partial charge is 0.325 e. The summed E-state index contributed by atoms with van der Waals surface area (Å²) in [5.41, 5.74) is 1.61. The number of H-pyrrole nitrogens is 1. The number of para-hydroxylation sites is 2. The largest absolute Gasteiger partial charge is 0.481 e. The number of nitrogens with zero attached hydrogens (tertiary/aromatic N) is 5. The lowest BCUT2D eigenvalue weighted by Gasteiger charge is -2.33. The van der Waals surface area contributed by atoms with Crippen LogP contribution in [0.5, 0.6) is 0 Å². The molecule has 34 heavy (non-hydrogen) atoms. The first-order valence-corrected chi connectivity index (χ1v) is 10.4. The molecule has 3 amide bonds. The Hall–Kier alpha value is -4.48. The molecule has 2 N–H and O–H groups in total. The van der Waals surface area contributed by atoms with E-state index in [2.05, 4.69) is 9.97 Å². The van der Waals surface area contributed by atoms with Crippen molar-refractivity contribution in [3.05, 3.63) is 64.0 Å². The number of carbonyl (C=O) groups excluding carboxylic acids is 2. The molecule has 12 nitrogen and oxygen atoms in total. The van der Waals surface area contributed by atoms with Crippen molar-refractivity contribution in [1.82, 2.24) is 19.8 Å². The van der Waals surface area contributed by atoms with Crippen LogP contribution in [0, 0.1) is 10.1 Å². The molecule has 0 aliphatic carbocycles. The molecule has 1 aliphatic rings. The highest BCUT2D eigenvalue weighted by molar-refractivity contribution is 6.02. The first-order valence-electron chi connectivity index (χ1n) is 10.4. The Balaban J connectivity index is 1.69. The number of fused-ring (bicyclic) bond motifs is 2. The lowest BCUT2D eigenvalue weighted by molar-refractivity contribution is -0.383. The molecule has 1 unspecified atom stereocenters. The number of aromatic amines is 1. The highest BCUT2D eigenvalue weighted by Crippen LogP contribution is 2.31. The number of anilines is 1. The van der Waals surface area contributed by atoms with Gasteiger partial charge in [0.1, 0.15) is 11.9 Å². The summed E-state index contributed by atoms with van der Waals surface area (Å²) in [7, 11) is 3.05. The number of carboxylic acids is 1. The Kier molecular flexibility index (Phi) is 5.88. The molecule has 2 aromatic carbocycles. The molecule has 0 spiro atoms. The highest BCUT2D eigenvalue weighted by atomic mass is 16.6. The number of nitro groups is 1. The van der Waals surface area contributed by atoms with Gasteiger partial charge in [0.05, 0.1) is 29.1 Å². The van der Waals surface area contributed by atoms with Crippen molar-refractivity contribution in [2.75, 3.05) is 19.0 Å². The summed E-state index contributed by atoms with van der Waals surface area (Å²) in [5.74, 6) is -1.39. The maximum atomic E-state index is 13.6. The molecule has 12 heteroatoms. The monoisotopic (exact) mass is 466 g/mol. The van der Waals surface area contributed by atoms with E-state index >= 15 is 0 Å². The van der Waals surface area contributed by atoms with Crippen molar-refractivity contribution in [3.63, 3.8) is 0 Å². The standard InChI is InChI=1S/C22H22N6O6/c1-25-11-13-6-3-4-8-15(13)27(17(21(25)31)10-19(29)30)22(32)26(2)12-18-23-14-7-5-9-16(28(33)34)20(14)24-18/h3-9,17H,10-12H2,1-2H3,(H,23,24)(H,29,30). The van der Waals surface area contributed by atoms with Gasteiger partial charge in [-0.05, 0) is 17.7 Å². The molecule has 1 aliphatic heterocycles. The van der Waals surface area contributed by atoms with Crippen LogP contribution in [0.4, 0.5) is 16.2 Å². The lowest BCUT2D eigenvalue weighted by Crippen LogP contribution is -2.53. The second-order valence-corrected chi connectivity index (χ2v) is 8.06. The Morgan fingerprint density at radius 3 is 2.71 bits per heavy atom. The van der Waals surface area contributed by atoms with E-state index in [1.54, 1.807) is 37.4 Å². The number of urea groups is 1. The van der Waals surface area contributed by atoms with Crippen molar-refractivity contribution >= 4 is 40.3 Å². The normalized spacial score (nSPS) is 15.7. The van der Waals surface area contributed by atoms with Crippen molar-refractivity contribution < 1.29 is 24.4 Å². The Labute approximate surface area is 193 Å². The molecular formula is C22H22N6O6. The second kappa shape index (κ2) is 8.81. The number of rotatable bonds is 5. The van der Waals surface area contributed by atoms with Crippen molar-refractivity contribution in [2.24, 2.45) is 0 Å². The van der Waals surface area contributed by atoms with E-state index in [1.165, 1.54) is 33.9 Å². The average molecular weight is 466 g/mol. The average Bonchev–Trinajstić information content (AvgIpc) is 3.16. The van der Waals surface area contributed by atoms with E-state index in [0.29, 0.717) is 22.6 Å². The topological polar surface area (TPSA) is 153 Å². The number of nitro benzene ring substituents is 1. The van der Waals surface area contributed by atoms with Gasteiger partial charge in [0.2, 0.25) is 5.91 Å². The van der Waals surface area contributed by atoms with Crippen LogP contribution in [-0.2, 0) is 22.7 Å². The predicted octanol–water partition coefficient (Wildman–Crippen LogP) is 2.34. The van der Waals surface area contributed by atoms with Gasteiger partial charge >= 0.3 is 12.0 Å². The highest BCUT2D eigenvalue weighted by Gasteiger charge is 2.39. The van der Waals surface area contributed by atoms with E-state index in [0.717, 1.165) is 0 Å². The van der Waals surface area contributed by atoms with E-state index in [9.17, 15) is 29.6 Å². The Morgan fingerprint density at radius 2 is 2.00 bits per heavy atom.